The van der Waals surface area contributed by atoms with Crippen molar-refractivity contribution in [3.8, 4) is 5.75 Å². The predicted octanol–water partition coefficient (Wildman–Crippen LogP) is 5.31. The van der Waals surface area contributed by atoms with Gasteiger partial charge in [0, 0.05) is 23.7 Å². The minimum absolute atomic E-state index is 0.0249. The predicted molar refractivity (Wildman–Crippen MR) is 132 cm³/mol. The molecule has 4 rings (SSSR count). The van der Waals surface area contributed by atoms with E-state index in [-0.39, 0.29) is 35.5 Å². The van der Waals surface area contributed by atoms with Crippen LogP contribution in [-0.4, -0.2) is 42.4 Å². The second kappa shape index (κ2) is 11.1. The van der Waals surface area contributed by atoms with E-state index in [1.54, 1.807) is 0 Å². The largest absolute Gasteiger partial charge is 0.491 e. The molecule has 2 saturated heterocycles. The second-order valence-electron chi connectivity index (χ2n) is 10.5. The monoisotopic (exact) mass is 525 g/mol. The Kier molecular flexibility index (Phi) is 8.26. The topological polar surface area (TPSA) is 64.9 Å². The Balaban J connectivity index is 1.68. The number of piperidine rings is 1. The van der Waals surface area contributed by atoms with E-state index in [1.807, 2.05) is 10.8 Å². The number of benzene rings is 1. The first-order valence-corrected chi connectivity index (χ1v) is 13.3. The molecule has 2 aliphatic rings. The molecule has 1 aromatic heterocycles. The molecule has 0 bridgehead atoms. The number of rotatable bonds is 6. The molecule has 198 valence electrons. The smallest absolute Gasteiger partial charge is 0.416 e. The van der Waals surface area contributed by atoms with Crippen molar-refractivity contribution >= 4 is 17.2 Å². The summed E-state index contributed by atoms with van der Waals surface area (Å²) in [6.07, 6.45) is 2.38. The minimum atomic E-state index is -4.58. The Morgan fingerprint density at radius 3 is 2.67 bits per heavy atom. The minimum Gasteiger partial charge on any atom is -0.491 e. The quantitative estimate of drug-likeness (QED) is 0.556. The number of aromatic nitrogens is 1. The second-order valence-corrected chi connectivity index (χ2v) is 11.5. The SMILES string of the molecule is CC(C)(C)c1cn(C[C@H]2CCCO2)c(=NC(=O)c2cc(C(F)(F)F)ccc2OC[C@@H]2CCCCN2)s1. The summed E-state index contributed by atoms with van der Waals surface area (Å²) >= 11 is 1.37. The lowest BCUT2D eigenvalue weighted by Crippen LogP contribution is -2.38. The molecule has 1 N–H and O–H groups in total. The van der Waals surface area contributed by atoms with Crippen molar-refractivity contribution in [2.75, 3.05) is 19.8 Å². The molecular weight excluding hydrogens is 491 g/mol. The molecule has 2 atom stereocenters. The van der Waals surface area contributed by atoms with Gasteiger partial charge in [-0.25, -0.2) is 0 Å². The van der Waals surface area contributed by atoms with Crippen molar-refractivity contribution in [2.45, 2.75) is 83.2 Å². The molecule has 0 spiro atoms. The van der Waals surface area contributed by atoms with Crippen LogP contribution in [0.1, 0.15) is 73.7 Å². The fourth-order valence-electron chi connectivity index (χ4n) is 4.36. The van der Waals surface area contributed by atoms with Crippen LogP contribution < -0.4 is 14.9 Å². The summed E-state index contributed by atoms with van der Waals surface area (Å²) in [5, 5.41) is 3.35. The fourth-order valence-corrected chi connectivity index (χ4v) is 5.41. The molecule has 0 saturated carbocycles. The first-order chi connectivity index (χ1) is 17.0. The summed E-state index contributed by atoms with van der Waals surface area (Å²) in [6.45, 7) is 8.60. The molecule has 3 heterocycles. The van der Waals surface area contributed by atoms with Crippen LogP contribution in [0.3, 0.4) is 0 Å². The van der Waals surface area contributed by atoms with Gasteiger partial charge in [-0.15, -0.1) is 11.3 Å². The van der Waals surface area contributed by atoms with Gasteiger partial charge < -0.3 is 19.4 Å². The van der Waals surface area contributed by atoms with Crippen LogP contribution >= 0.6 is 11.3 Å². The molecule has 6 nitrogen and oxygen atoms in total. The summed E-state index contributed by atoms with van der Waals surface area (Å²) in [6, 6.07) is 3.12. The number of carbonyl (C=O) groups excluding carboxylic acids is 1. The highest BCUT2D eigenvalue weighted by Crippen LogP contribution is 2.33. The maximum Gasteiger partial charge on any atom is 0.416 e. The molecule has 0 aliphatic carbocycles. The Morgan fingerprint density at radius 1 is 1.22 bits per heavy atom. The molecule has 1 aromatic carbocycles. The van der Waals surface area contributed by atoms with Gasteiger partial charge in [0.05, 0.1) is 23.8 Å². The van der Waals surface area contributed by atoms with Crippen molar-refractivity contribution in [1.82, 2.24) is 9.88 Å². The van der Waals surface area contributed by atoms with Gasteiger partial charge in [-0.1, -0.05) is 27.2 Å². The summed E-state index contributed by atoms with van der Waals surface area (Å²) < 4.78 is 54.0. The van der Waals surface area contributed by atoms with Crippen molar-refractivity contribution < 1.29 is 27.4 Å². The summed E-state index contributed by atoms with van der Waals surface area (Å²) in [4.78, 5) is 19.1. The Morgan fingerprint density at radius 2 is 2.03 bits per heavy atom. The van der Waals surface area contributed by atoms with Gasteiger partial charge in [-0.2, -0.15) is 18.2 Å². The number of hydrogen-bond acceptors (Lipinski definition) is 5. The van der Waals surface area contributed by atoms with Gasteiger partial charge in [0.25, 0.3) is 5.91 Å². The summed E-state index contributed by atoms with van der Waals surface area (Å²) in [5.74, 6) is -0.640. The van der Waals surface area contributed by atoms with E-state index in [4.69, 9.17) is 9.47 Å². The number of nitrogens with one attached hydrogen (secondary N) is 1. The molecule has 0 unspecified atom stereocenters. The number of nitrogens with zero attached hydrogens (tertiary/aromatic N) is 2. The van der Waals surface area contributed by atoms with E-state index in [0.717, 1.165) is 55.7 Å². The van der Waals surface area contributed by atoms with Crippen LogP contribution in [0.4, 0.5) is 13.2 Å². The lowest BCUT2D eigenvalue weighted by atomic mass is 9.95. The standard InChI is InChI=1S/C26H34F3N3O3S/c1-25(2,3)22-15-32(14-19-8-6-12-34-19)24(36-22)31-23(33)20-13-17(26(27,28)29)9-10-21(20)35-16-18-7-4-5-11-30-18/h9-10,13,15,18-19,30H,4-8,11-12,14,16H2,1-3H3/t18-,19+/m0/s1. The maximum atomic E-state index is 13.5. The van der Waals surface area contributed by atoms with Crippen molar-refractivity contribution in [2.24, 2.45) is 4.99 Å². The summed E-state index contributed by atoms with van der Waals surface area (Å²) in [5.41, 5.74) is -1.26. The van der Waals surface area contributed by atoms with E-state index < -0.39 is 17.6 Å². The van der Waals surface area contributed by atoms with Crippen LogP contribution in [0.2, 0.25) is 0 Å². The van der Waals surface area contributed by atoms with Crippen LogP contribution in [-0.2, 0) is 22.9 Å². The number of amides is 1. The zero-order valence-corrected chi connectivity index (χ0v) is 21.8. The molecule has 2 aliphatic heterocycles. The van der Waals surface area contributed by atoms with Gasteiger partial charge in [0.2, 0.25) is 0 Å². The van der Waals surface area contributed by atoms with E-state index in [2.05, 4.69) is 31.1 Å². The highest BCUT2D eigenvalue weighted by molar-refractivity contribution is 7.09. The average molecular weight is 526 g/mol. The zero-order valence-electron chi connectivity index (χ0n) is 21.0. The number of alkyl halides is 3. The van der Waals surface area contributed by atoms with Gasteiger partial charge in [-0.3, -0.25) is 4.79 Å². The third kappa shape index (κ3) is 6.77. The third-order valence-corrected chi connectivity index (χ3v) is 7.92. The molecule has 1 amide bonds. The van der Waals surface area contributed by atoms with Crippen molar-refractivity contribution in [3.63, 3.8) is 0 Å². The lowest BCUT2D eigenvalue weighted by molar-refractivity contribution is -0.137. The summed E-state index contributed by atoms with van der Waals surface area (Å²) in [7, 11) is 0. The Labute approximate surface area is 213 Å². The molecule has 2 aromatic rings. The van der Waals surface area contributed by atoms with Crippen molar-refractivity contribution in [3.05, 3.63) is 45.2 Å². The maximum absolute atomic E-state index is 13.5. The first kappa shape index (κ1) is 26.9. The first-order valence-electron chi connectivity index (χ1n) is 12.5. The number of carbonyl (C=O) groups is 1. The molecule has 2 fully saturated rings. The normalized spacial score (nSPS) is 21.7. The van der Waals surface area contributed by atoms with Gasteiger partial charge in [0.1, 0.15) is 12.4 Å². The number of halogens is 3. The fraction of sp³-hybridized carbons (Fsp3) is 0.615. The van der Waals surface area contributed by atoms with Crippen LogP contribution in [0.5, 0.6) is 5.75 Å². The number of hydrogen-bond donors (Lipinski definition) is 1. The number of thiazole rings is 1. The van der Waals surface area contributed by atoms with E-state index in [9.17, 15) is 18.0 Å². The highest BCUT2D eigenvalue weighted by atomic mass is 32.1. The van der Waals surface area contributed by atoms with Crippen LogP contribution in [0.15, 0.2) is 29.4 Å². The lowest BCUT2D eigenvalue weighted by Gasteiger charge is -2.24. The highest BCUT2D eigenvalue weighted by Gasteiger charge is 2.32. The van der Waals surface area contributed by atoms with E-state index >= 15 is 0 Å². The van der Waals surface area contributed by atoms with Crippen molar-refractivity contribution in [1.29, 1.82) is 0 Å². The third-order valence-electron chi connectivity index (χ3n) is 6.47. The van der Waals surface area contributed by atoms with Gasteiger partial charge in [-0.05, 0) is 55.8 Å². The zero-order chi connectivity index (χ0) is 25.9. The Bertz CT molecular complexity index is 1120. The Hall–Kier alpha value is -2.17. The van der Waals surface area contributed by atoms with Crippen LogP contribution in [0, 0.1) is 0 Å². The number of ether oxygens (including phenoxy) is 2. The molecule has 36 heavy (non-hydrogen) atoms. The molecule has 10 heteroatoms. The average Bonchev–Trinajstić information content (AvgIpc) is 3.48. The molecule has 0 radical (unpaired) electrons. The van der Waals surface area contributed by atoms with E-state index in [1.165, 1.54) is 17.4 Å². The van der Waals surface area contributed by atoms with E-state index in [0.29, 0.717) is 18.0 Å². The molecular formula is C26H34F3N3O3S. The van der Waals surface area contributed by atoms with Gasteiger partial charge in [0.15, 0.2) is 4.80 Å². The van der Waals surface area contributed by atoms with Gasteiger partial charge >= 0.3 is 6.18 Å². The van der Waals surface area contributed by atoms with Crippen LogP contribution in [0.25, 0.3) is 0 Å².